The minimum absolute atomic E-state index is 0.0157. The first-order chi connectivity index (χ1) is 11.3. The highest BCUT2D eigenvalue weighted by molar-refractivity contribution is 9.09. The van der Waals surface area contributed by atoms with E-state index in [1.165, 1.54) is 0 Å². The van der Waals surface area contributed by atoms with E-state index in [-0.39, 0.29) is 22.7 Å². The topological polar surface area (TPSA) is 60.7 Å². The Hall–Kier alpha value is 0.840. The van der Waals surface area contributed by atoms with E-state index in [1.54, 1.807) is 0 Å². The summed E-state index contributed by atoms with van der Waals surface area (Å²) in [6, 6.07) is 0. The number of rotatable bonds is 2. The number of hydrogen-bond donors (Lipinski definition) is 3. The van der Waals surface area contributed by atoms with E-state index in [0.717, 1.165) is 32.1 Å². The lowest BCUT2D eigenvalue weighted by atomic mass is 9.57. The molecule has 0 radical (unpaired) electrons. The molecule has 3 saturated carbocycles. The fourth-order valence-electron chi connectivity index (χ4n) is 6.46. The van der Waals surface area contributed by atoms with Crippen molar-refractivity contribution in [2.24, 2.45) is 22.7 Å². The van der Waals surface area contributed by atoms with Crippen molar-refractivity contribution in [3.8, 4) is 0 Å². The number of hydrogen-bond acceptors (Lipinski definition) is 3. The number of fused-ring (bicyclic) bond motifs is 1. The summed E-state index contributed by atoms with van der Waals surface area (Å²) in [5, 5.41) is 33.9. The van der Waals surface area contributed by atoms with Crippen molar-refractivity contribution < 1.29 is 15.3 Å². The standard InChI is InChI=1S/C20H34Br2O3/c1-17(2)11-20(25,10-7-13(17)21)16(23)12-5-8-18(3)14(22)6-9-19(4,24)15(12)18/h12-16,23-25H,5-11H2,1-4H3. The number of alkyl halides is 2. The molecule has 0 aromatic rings. The summed E-state index contributed by atoms with van der Waals surface area (Å²) in [6.07, 6.45) is 4.89. The average molecular weight is 482 g/mol. The van der Waals surface area contributed by atoms with Gasteiger partial charge in [0, 0.05) is 9.65 Å². The maximum atomic E-state index is 11.4. The van der Waals surface area contributed by atoms with Crippen LogP contribution < -0.4 is 0 Å². The molecule has 146 valence electrons. The van der Waals surface area contributed by atoms with Crippen LogP contribution in [0.25, 0.3) is 0 Å². The van der Waals surface area contributed by atoms with Crippen molar-refractivity contribution in [2.45, 2.75) is 99.6 Å². The fourth-order valence-corrected chi connectivity index (χ4v) is 7.60. The van der Waals surface area contributed by atoms with Crippen LogP contribution in [0.15, 0.2) is 0 Å². The van der Waals surface area contributed by atoms with Gasteiger partial charge in [-0.1, -0.05) is 52.6 Å². The van der Waals surface area contributed by atoms with Crippen LogP contribution in [0.4, 0.5) is 0 Å². The Bertz CT molecular complexity index is 523. The van der Waals surface area contributed by atoms with E-state index in [1.807, 2.05) is 6.92 Å². The molecule has 8 unspecified atom stereocenters. The van der Waals surface area contributed by atoms with Crippen LogP contribution in [0.3, 0.4) is 0 Å². The largest absolute Gasteiger partial charge is 0.390 e. The Morgan fingerprint density at radius 2 is 1.48 bits per heavy atom. The van der Waals surface area contributed by atoms with Gasteiger partial charge in [0.1, 0.15) is 0 Å². The predicted octanol–water partition coefficient (Wildman–Crippen LogP) is 4.39. The van der Waals surface area contributed by atoms with Gasteiger partial charge in [-0.2, -0.15) is 0 Å². The molecule has 0 spiro atoms. The third kappa shape index (κ3) is 3.28. The van der Waals surface area contributed by atoms with E-state index < -0.39 is 17.3 Å². The van der Waals surface area contributed by atoms with E-state index in [9.17, 15) is 15.3 Å². The molecule has 0 saturated heterocycles. The van der Waals surface area contributed by atoms with Crippen LogP contribution in [0, 0.1) is 22.7 Å². The molecular weight excluding hydrogens is 448 g/mol. The second-order valence-electron chi connectivity index (χ2n) is 10.3. The molecule has 0 amide bonds. The van der Waals surface area contributed by atoms with Gasteiger partial charge in [-0.25, -0.2) is 0 Å². The molecule has 0 aromatic carbocycles. The molecule has 5 heteroatoms. The summed E-state index contributed by atoms with van der Waals surface area (Å²) >= 11 is 7.60. The number of aliphatic hydroxyl groups excluding tert-OH is 1. The molecule has 0 aliphatic heterocycles. The Morgan fingerprint density at radius 1 is 0.880 bits per heavy atom. The highest BCUT2D eigenvalue weighted by atomic mass is 79.9. The summed E-state index contributed by atoms with van der Waals surface area (Å²) in [4.78, 5) is 0.734. The first-order valence-corrected chi connectivity index (χ1v) is 11.6. The quantitative estimate of drug-likeness (QED) is 0.512. The van der Waals surface area contributed by atoms with Gasteiger partial charge in [0.2, 0.25) is 0 Å². The van der Waals surface area contributed by atoms with Crippen molar-refractivity contribution >= 4 is 31.9 Å². The maximum Gasteiger partial charge on any atom is 0.0914 e. The third-order valence-electron chi connectivity index (χ3n) is 7.84. The minimum Gasteiger partial charge on any atom is -0.390 e. The van der Waals surface area contributed by atoms with E-state index >= 15 is 0 Å². The second-order valence-corrected chi connectivity index (χ2v) is 12.5. The summed E-state index contributed by atoms with van der Waals surface area (Å²) in [6.45, 7) is 8.50. The number of aliphatic hydroxyl groups is 3. The van der Waals surface area contributed by atoms with Crippen molar-refractivity contribution in [3.63, 3.8) is 0 Å². The molecule has 3 nitrogen and oxygen atoms in total. The number of halogens is 2. The normalized spacial score (nSPS) is 54.1. The molecule has 0 aromatic heterocycles. The van der Waals surface area contributed by atoms with Gasteiger partial charge in [-0.15, -0.1) is 0 Å². The highest BCUT2D eigenvalue weighted by Gasteiger charge is 2.62. The van der Waals surface area contributed by atoms with E-state index in [0.29, 0.717) is 22.5 Å². The van der Waals surface area contributed by atoms with Crippen LogP contribution in [0.5, 0.6) is 0 Å². The van der Waals surface area contributed by atoms with Crippen LogP contribution >= 0.6 is 31.9 Å². The molecular formula is C20H34Br2O3. The lowest BCUT2D eigenvalue weighted by Crippen LogP contribution is -2.59. The SMILES string of the molecule is CC1(C)CC(O)(C(O)C2CCC3(C)C(Br)CCC(C)(O)C23)CCC1Br. The van der Waals surface area contributed by atoms with Crippen LogP contribution in [-0.4, -0.2) is 42.3 Å². The maximum absolute atomic E-state index is 11.4. The van der Waals surface area contributed by atoms with Gasteiger partial charge >= 0.3 is 0 Å². The molecule has 3 rings (SSSR count). The molecule has 3 aliphatic carbocycles. The monoisotopic (exact) mass is 480 g/mol. The molecule has 0 heterocycles. The van der Waals surface area contributed by atoms with Gasteiger partial charge in [-0.3, -0.25) is 0 Å². The van der Waals surface area contributed by atoms with Gasteiger partial charge in [-0.05, 0) is 74.5 Å². The van der Waals surface area contributed by atoms with Crippen molar-refractivity contribution in [3.05, 3.63) is 0 Å². The van der Waals surface area contributed by atoms with Gasteiger partial charge in [0.05, 0.1) is 17.3 Å². The zero-order valence-corrected chi connectivity index (χ0v) is 19.1. The third-order valence-corrected chi connectivity index (χ3v) is 11.0. The Morgan fingerprint density at radius 3 is 2.08 bits per heavy atom. The molecule has 3 N–H and O–H groups in total. The summed E-state index contributed by atoms with van der Waals surface area (Å²) in [5.41, 5.74) is -1.91. The van der Waals surface area contributed by atoms with Crippen molar-refractivity contribution in [1.29, 1.82) is 0 Å². The van der Waals surface area contributed by atoms with Gasteiger partial charge in [0.15, 0.2) is 0 Å². The zero-order chi connectivity index (χ0) is 18.8. The van der Waals surface area contributed by atoms with Crippen LogP contribution in [-0.2, 0) is 0 Å². The molecule has 3 aliphatic rings. The first kappa shape index (κ1) is 20.6. The zero-order valence-electron chi connectivity index (χ0n) is 15.9. The Balaban J connectivity index is 1.88. The minimum atomic E-state index is -1.06. The summed E-state index contributed by atoms with van der Waals surface area (Å²) < 4.78 is 0. The lowest BCUT2D eigenvalue weighted by Gasteiger charge is -2.54. The average Bonchev–Trinajstić information content (AvgIpc) is 2.87. The van der Waals surface area contributed by atoms with E-state index in [4.69, 9.17) is 0 Å². The molecule has 3 fully saturated rings. The highest BCUT2D eigenvalue weighted by Crippen LogP contribution is 2.62. The van der Waals surface area contributed by atoms with Crippen molar-refractivity contribution in [2.75, 3.05) is 0 Å². The Kier molecular flexibility index (Phi) is 5.29. The molecule has 0 bridgehead atoms. The summed E-state index contributed by atoms with van der Waals surface area (Å²) in [5.74, 6) is -0.0324. The lowest BCUT2D eigenvalue weighted by molar-refractivity contribution is -0.172. The second kappa shape index (κ2) is 6.43. The predicted molar refractivity (Wildman–Crippen MR) is 108 cm³/mol. The van der Waals surface area contributed by atoms with Crippen LogP contribution in [0.1, 0.15) is 72.6 Å². The Labute approximate surface area is 169 Å². The first-order valence-electron chi connectivity index (χ1n) is 9.74. The molecule has 25 heavy (non-hydrogen) atoms. The fraction of sp³-hybridized carbons (Fsp3) is 1.00. The van der Waals surface area contributed by atoms with Gasteiger partial charge in [0.25, 0.3) is 0 Å². The summed E-state index contributed by atoms with van der Waals surface area (Å²) in [7, 11) is 0. The van der Waals surface area contributed by atoms with Crippen molar-refractivity contribution in [1.82, 2.24) is 0 Å². The van der Waals surface area contributed by atoms with Gasteiger partial charge < -0.3 is 15.3 Å². The van der Waals surface area contributed by atoms with E-state index in [2.05, 4.69) is 52.6 Å². The molecule has 8 atom stereocenters. The van der Waals surface area contributed by atoms with Crippen LogP contribution in [0.2, 0.25) is 0 Å². The smallest absolute Gasteiger partial charge is 0.0914 e.